The highest BCUT2D eigenvalue weighted by molar-refractivity contribution is 5.77. The molecule has 3 rings (SSSR count). The maximum atomic E-state index is 6.20. The molecule has 1 fully saturated rings. The van der Waals surface area contributed by atoms with Crippen LogP contribution in [0.3, 0.4) is 0 Å². The third kappa shape index (κ3) is 2.88. The molecule has 1 aromatic carbocycles. The third-order valence-corrected chi connectivity index (χ3v) is 3.95. The standard InChI is InChI=1S/C16H21N3O2/c1-10-16(11(2)21-19-10)12-3-4-15(14(17)9-12)18-13-5-7-20-8-6-13/h3-4,9,13,18H,5-8,17H2,1-2H3. The monoisotopic (exact) mass is 287 g/mol. The van der Waals surface area contributed by atoms with E-state index < -0.39 is 0 Å². The topological polar surface area (TPSA) is 73.3 Å². The number of aryl methyl sites for hydroxylation is 2. The number of hydrogen-bond acceptors (Lipinski definition) is 5. The van der Waals surface area contributed by atoms with Crippen molar-refractivity contribution in [1.82, 2.24) is 5.16 Å². The van der Waals surface area contributed by atoms with E-state index in [1.807, 2.05) is 26.0 Å². The predicted octanol–water partition coefficient (Wildman–Crippen LogP) is 3.13. The number of anilines is 2. The van der Waals surface area contributed by atoms with Gasteiger partial charge in [0.2, 0.25) is 0 Å². The van der Waals surface area contributed by atoms with Crippen LogP contribution >= 0.6 is 0 Å². The van der Waals surface area contributed by atoms with Gasteiger partial charge in [0.1, 0.15) is 5.76 Å². The molecule has 1 saturated heterocycles. The van der Waals surface area contributed by atoms with Crippen molar-refractivity contribution in [3.8, 4) is 11.1 Å². The Morgan fingerprint density at radius 1 is 1.24 bits per heavy atom. The molecule has 3 N–H and O–H groups in total. The first-order valence-corrected chi connectivity index (χ1v) is 7.32. The zero-order valence-corrected chi connectivity index (χ0v) is 12.5. The van der Waals surface area contributed by atoms with Crippen molar-refractivity contribution in [3.63, 3.8) is 0 Å². The van der Waals surface area contributed by atoms with Crippen LogP contribution in [-0.4, -0.2) is 24.4 Å². The second-order valence-corrected chi connectivity index (χ2v) is 5.53. The molecule has 5 nitrogen and oxygen atoms in total. The molecule has 0 bridgehead atoms. The van der Waals surface area contributed by atoms with Crippen LogP contribution in [0.15, 0.2) is 22.7 Å². The molecule has 0 saturated carbocycles. The summed E-state index contributed by atoms with van der Waals surface area (Å²) in [5, 5.41) is 7.50. The smallest absolute Gasteiger partial charge is 0.141 e. The Bertz CT molecular complexity index is 611. The summed E-state index contributed by atoms with van der Waals surface area (Å²) in [5.74, 6) is 0.817. The Hall–Kier alpha value is -2.01. The molecule has 0 unspecified atom stereocenters. The van der Waals surface area contributed by atoms with Gasteiger partial charge < -0.3 is 20.3 Å². The maximum absolute atomic E-state index is 6.20. The Morgan fingerprint density at radius 3 is 2.62 bits per heavy atom. The van der Waals surface area contributed by atoms with Gasteiger partial charge in [0.25, 0.3) is 0 Å². The maximum Gasteiger partial charge on any atom is 0.141 e. The van der Waals surface area contributed by atoms with Crippen molar-refractivity contribution in [2.24, 2.45) is 0 Å². The van der Waals surface area contributed by atoms with E-state index in [0.29, 0.717) is 6.04 Å². The van der Waals surface area contributed by atoms with E-state index in [1.165, 1.54) is 0 Å². The summed E-state index contributed by atoms with van der Waals surface area (Å²) in [6.45, 7) is 5.49. The van der Waals surface area contributed by atoms with Crippen molar-refractivity contribution in [3.05, 3.63) is 29.7 Å². The first kappa shape index (κ1) is 13.9. The molecule has 2 heterocycles. The Kier molecular flexibility index (Phi) is 3.84. The lowest BCUT2D eigenvalue weighted by Gasteiger charge is -2.25. The average Bonchev–Trinajstić information content (AvgIpc) is 2.82. The fourth-order valence-corrected chi connectivity index (χ4v) is 2.81. The van der Waals surface area contributed by atoms with Crippen LogP contribution in [0.4, 0.5) is 11.4 Å². The number of nitrogen functional groups attached to an aromatic ring is 1. The lowest BCUT2D eigenvalue weighted by Crippen LogP contribution is -2.28. The molecule has 0 amide bonds. The van der Waals surface area contributed by atoms with Crippen LogP contribution in [-0.2, 0) is 4.74 Å². The molecule has 21 heavy (non-hydrogen) atoms. The summed E-state index contributed by atoms with van der Waals surface area (Å²) in [4.78, 5) is 0. The summed E-state index contributed by atoms with van der Waals surface area (Å²) in [7, 11) is 0. The van der Waals surface area contributed by atoms with Crippen molar-refractivity contribution in [2.75, 3.05) is 24.3 Å². The summed E-state index contributed by atoms with van der Waals surface area (Å²) in [6, 6.07) is 6.51. The van der Waals surface area contributed by atoms with Gasteiger partial charge in [-0.25, -0.2) is 0 Å². The fraction of sp³-hybridized carbons (Fsp3) is 0.438. The highest BCUT2D eigenvalue weighted by Crippen LogP contribution is 2.31. The number of hydrogen-bond donors (Lipinski definition) is 2. The van der Waals surface area contributed by atoms with Gasteiger partial charge in [-0.3, -0.25) is 0 Å². The largest absolute Gasteiger partial charge is 0.397 e. The zero-order valence-electron chi connectivity index (χ0n) is 12.5. The zero-order chi connectivity index (χ0) is 14.8. The molecule has 1 aromatic heterocycles. The van der Waals surface area contributed by atoms with Crippen molar-refractivity contribution >= 4 is 11.4 Å². The van der Waals surface area contributed by atoms with Gasteiger partial charge in [-0.1, -0.05) is 11.2 Å². The third-order valence-electron chi connectivity index (χ3n) is 3.95. The van der Waals surface area contributed by atoms with Crippen LogP contribution in [0, 0.1) is 13.8 Å². The Morgan fingerprint density at radius 2 is 2.00 bits per heavy atom. The molecule has 112 valence electrons. The molecule has 0 atom stereocenters. The first-order chi connectivity index (χ1) is 10.1. The molecule has 1 aliphatic rings. The minimum atomic E-state index is 0.436. The van der Waals surface area contributed by atoms with Crippen LogP contribution in [0.2, 0.25) is 0 Å². The quantitative estimate of drug-likeness (QED) is 0.848. The van der Waals surface area contributed by atoms with E-state index in [0.717, 1.165) is 60.0 Å². The number of nitrogens with one attached hydrogen (secondary N) is 1. The first-order valence-electron chi connectivity index (χ1n) is 7.32. The molecular formula is C16H21N3O2. The molecule has 0 aliphatic carbocycles. The van der Waals surface area contributed by atoms with Gasteiger partial charge >= 0.3 is 0 Å². The molecule has 0 radical (unpaired) electrons. The van der Waals surface area contributed by atoms with E-state index in [1.54, 1.807) is 0 Å². The number of rotatable bonds is 3. The van der Waals surface area contributed by atoms with E-state index >= 15 is 0 Å². The SMILES string of the molecule is Cc1noc(C)c1-c1ccc(NC2CCOCC2)c(N)c1. The number of nitrogens with two attached hydrogens (primary N) is 1. The van der Waals surface area contributed by atoms with Crippen LogP contribution < -0.4 is 11.1 Å². The Labute approximate surface area is 124 Å². The van der Waals surface area contributed by atoms with Gasteiger partial charge in [-0.05, 0) is 44.4 Å². The minimum absolute atomic E-state index is 0.436. The minimum Gasteiger partial charge on any atom is -0.397 e. The number of ether oxygens (including phenoxy) is 1. The van der Waals surface area contributed by atoms with Crippen LogP contribution in [0.1, 0.15) is 24.3 Å². The summed E-state index contributed by atoms with van der Waals surface area (Å²) >= 11 is 0. The van der Waals surface area contributed by atoms with Gasteiger partial charge in [-0.15, -0.1) is 0 Å². The second-order valence-electron chi connectivity index (χ2n) is 5.53. The number of benzene rings is 1. The van der Waals surface area contributed by atoms with E-state index in [2.05, 4.69) is 16.5 Å². The molecule has 1 aliphatic heterocycles. The average molecular weight is 287 g/mol. The highest BCUT2D eigenvalue weighted by atomic mass is 16.5. The van der Waals surface area contributed by atoms with Crippen LogP contribution in [0.25, 0.3) is 11.1 Å². The summed E-state index contributed by atoms with van der Waals surface area (Å²) in [5.41, 5.74) is 10.9. The molecular weight excluding hydrogens is 266 g/mol. The van der Waals surface area contributed by atoms with E-state index in [4.69, 9.17) is 15.0 Å². The lowest BCUT2D eigenvalue weighted by molar-refractivity contribution is 0.0904. The normalized spacial score (nSPS) is 16.1. The fourth-order valence-electron chi connectivity index (χ4n) is 2.81. The summed E-state index contributed by atoms with van der Waals surface area (Å²) < 4.78 is 10.6. The number of nitrogens with zero attached hydrogens (tertiary/aromatic N) is 1. The molecule has 5 heteroatoms. The van der Waals surface area contributed by atoms with Crippen molar-refractivity contribution in [2.45, 2.75) is 32.7 Å². The van der Waals surface area contributed by atoms with Gasteiger partial charge in [-0.2, -0.15) is 0 Å². The second kappa shape index (κ2) is 5.77. The number of aromatic nitrogens is 1. The lowest BCUT2D eigenvalue weighted by atomic mass is 10.0. The molecule has 0 spiro atoms. The van der Waals surface area contributed by atoms with Crippen LogP contribution in [0.5, 0.6) is 0 Å². The van der Waals surface area contributed by atoms with Gasteiger partial charge in [0.05, 0.1) is 17.1 Å². The van der Waals surface area contributed by atoms with E-state index in [9.17, 15) is 0 Å². The Balaban J connectivity index is 1.82. The summed E-state index contributed by atoms with van der Waals surface area (Å²) in [6.07, 6.45) is 2.04. The van der Waals surface area contributed by atoms with Gasteiger partial charge in [0.15, 0.2) is 0 Å². The van der Waals surface area contributed by atoms with Crippen molar-refractivity contribution in [1.29, 1.82) is 0 Å². The van der Waals surface area contributed by atoms with E-state index in [-0.39, 0.29) is 0 Å². The molecule has 2 aromatic rings. The highest BCUT2D eigenvalue weighted by Gasteiger charge is 2.16. The predicted molar refractivity (Wildman–Crippen MR) is 83.3 cm³/mol. The van der Waals surface area contributed by atoms with Gasteiger partial charge in [0, 0.05) is 24.8 Å². The van der Waals surface area contributed by atoms with Crippen molar-refractivity contribution < 1.29 is 9.26 Å².